The molecule has 1 aliphatic rings. The van der Waals surface area contributed by atoms with E-state index in [0.29, 0.717) is 21.3 Å². The lowest BCUT2D eigenvalue weighted by molar-refractivity contribution is 0.00578. The summed E-state index contributed by atoms with van der Waals surface area (Å²) >= 11 is 6.26. The summed E-state index contributed by atoms with van der Waals surface area (Å²) in [7, 11) is -1.07. The third-order valence-electron chi connectivity index (χ3n) is 4.67. The van der Waals surface area contributed by atoms with Crippen LogP contribution in [0.5, 0.6) is 0 Å². The van der Waals surface area contributed by atoms with Gasteiger partial charge in [0.2, 0.25) is 0 Å². The van der Waals surface area contributed by atoms with Gasteiger partial charge in [0.25, 0.3) is 0 Å². The molecule has 0 bridgehead atoms. The highest BCUT2D eigenvalue weighted by Crippen LogP contribution is 2.41. The van der Waals surface area contributed by atoms with Crippen LogP contribution in [0.2, 0.25) is 0 Å². The number of nitrogens with one attached hydrogen (secondary N) is 2. The average molecular weight is 429 g/mol. The number of rotatable bonds is 4. The lowest BCUT2D eigenvalue weighted by Crippen LogP contribution is -2.41. The van der Waals surface area contributed by atoms with Crippen molar-refractivity contribution in [2.75, 3.05) is 11.9 Å². The van der Waals surface area contributed by atoms with E-state index in [4.69, 9.17) is 26.3 Å². The van der Waals surface area contributed by atoms with E-state index in [2.05, 4.69) is 15.6 Å². The van der Waals surface area contributed by atoms with E-state index >= 15 is 4.39 Å². The number of carbonyl (C=O) groups excluding carboxylic acids is 1. The van der Waals surface area contributed by atoms with Crippen molar-refractivity contribution in [2.24, 2.45) is 0 Å². The molecule has 1 aromatic rings. The van der Waals surface area contributed by atoms with Crippen LogP contribution < -0.4 is 10.6 Å². The number of aromatic nitrogens is 1. The molecule has 2 heterocycles. The van der Waals surface area contributed by atoms with Crippen LogP contribution in [0.25, 0.3) is 5.57 Å². The molecule has 154 valence electrons. The number of nitrogens with zero attached hydrogens (tertiary/aromatic N) is 1. The van der Waals surface area contributed by atoms with Gasteiger partial charge in [-0.3, -0.25) is 5.32 Å². The highest BCUT2D eigenvalue weighted by atomic mass is 32.1. The zero-order valence-electron chi connectivity index (χ0n) is 17.1. The molecule has 1 saturated heterocycles. The summed E-state index contributed by atoms with van der Waals surface area (Å²) < 4.78 is 31.4. The monoisotopic (exact) mass is 429 g/mol. The molecule has 11 heteroatoms. The molecule has 0 unspecified atom stereocenters. The SMILES string of the molecule is CCOC(=O)NC(=S)Nc1nc(C)c(C(C)=C(F)B2OC(C)(C)C(C)(C)O2)s1. The van der Waals surface area contributed by atoms with Crippen molar-refractivity contribution in [3.63, 3.8) is 0 Å². The Morgan fingerprint density at radius 3 is 2.43 bits per heavy atom. The number of halogens is 1. The normalized spacial score (nSPS) is 18.5. The fraction of sp³-hybridized carbons (Fsp3) is 0.588. The van der Waals surface area contributed by atoms with Crippen LogP contribution in [-0.2, 0) is 14.0 Å². The zero-order valence-corrected chi connectivity index (χ0v) is 18.7. The van der Waals surface area contributed by atoms with E-state index < -0.39 is 30.1 Å². The fourth-order valence-electron chi connectivity index (χ4n) is 2.42. The van der Waals surface area contributed by atoms with Gasteiger partial charge in [-0.2, -0.15) is 0 Å². The highest BCUT2D eigenvalue weighted by molar-refractivity contribution is 7.80. The Balaban J connectivity index is 2.16. The second kappa shape index (κ2) is 8.44. The van der Waals surface area contributed by atoms with Crippen LogP contribution in [-0.4, -0.2) is 41.1 Å². The molecule has 0 atom stereocenters. The van der Waals surface area contributed by atoms with Gasteiger partial charge in [-0.1, -0.05) is 11.3 Å². The van der Waals surface area contributed by atoms with Crippen molar-refractivity contribution in [1.82, 2.24) is 10.3 Å². The number of amides is 1. The largest absolute Gasteiger partial charge is 0.525 e. The van der Waals surface area contributed by atoms with Crippen molar-refractivity contribution in [2.45, 2.75) is 59.7 Å². The van der Waals surface area contributed by atoms with Crippen LogP contribution in [0, 0.1) is 6.92 Å². The predicted molar refractivity (Wildman–Crippen MR) is 113 cm³/mol. The summed E-state index contributed by atoms with van der Waals surface area (Å²) in [4.78, 5) is 16.4. The molecular weight excluding hydrogens is 404 g/mol. The molecule has 0 radical (unpaired) electrons. The van der Waals surface area contributed by atoms with Crippen molar-refractivity contribution >= 4 is 52.6 Å². The fourth-order valence-corrected chi connectivity index (χ4v) is 3.64. The highest BCUT2D eigenvalue weighted by Gasteiger charge is 2.53. The Hall–Kier alpha value is -1.56. The average Bonchev–Trinajstić information content (AvgIpc) is 3.02. The topological polar surface area (TPSA) is 81.7 Å². The van der Waals surface area contributed by atoms with Crippen LogP contribution in [0.1, 0.15) is 52.1 Å². The Kier molecular flexibility index (Phi) is 6.85. The van der Waals surface area contributed by atoms with Gasteiger partial charge in [0.15, 0.2) is 10.2 Å². The van der Waals surface area contributed by atoms with E-state index in [9.17, 15) is 4.79 Å². The molecule has 2 N–H and O–H groups in total. The molecular formula is C17H25BFN3O4S2. The minimum absolute atomic E-state index is 0.0480. The number of alkyl carbamates (subject to hydrolysis) is 1. The van der Waals surface area contributed by atoms with Crippen molar-refractivity contribution in [3.05, 3.63) is 16.3 Å². The summed E-state index contributed by atoms with van der Waals surface area (Å²) in [6, 6.07) is 0. The molecule has 0 aromatic carbocycles. The first kappa shape index (κ1) is 22.7. The zero-order chi connectivity index (χ0) is 21.3. The third-order valence-corrected chi connectivity index (χ3v) is 6.06. The Labute approximate surface area is 174 Å². The van der Waals surface area contributed by atoms with Gasteiger partial charge in [-0.25, -0.2) is 14.2 Å². The number of ether oxygens (including phenoxy) is 1. The first-order chi connectivity index (χ1) is 12.9. The number of hydrogen-bond donors (Lipinski definition) is 2. The van der Waals surface area contributed by atoms with Gasteiger partial charge >= 0.3 is 13.2 Å². The molecule has 1 aromatic heterocycles. The van der Waals surface area contributed by atoms with E-state index in [0.717, 1.165) is 0 Å². The van der Waals surface area contributed by atoms with Crippen LogP contribution in [0.3, 0.4) is 0 Å². The summed E-state index contributed by atoms with van der Waals surface area (Å²) in [6.45, 7) is 12.8. The predicted octanol–water partition coefficient (Wildman–Crippen LogP) is 4.23. The number of hydrogen-bond acceptors (Lipinski definition) is 7. The lowest BCUT2D eigenvalue weighted by Gasteiger charge is -2.32. The van der Waals surface area contributed by atoms with E-state index in [1.165, 1.54) is 11.3 Å². The van der Waals surface area contributed by atoms with Crippen LogP contribution in [0.4, 0.5) is 14.3 Å². The van der Waals surface area contributed by atoms with Gasteiger partial charge in [0.1, 0.15) is 5.73 Å². The van der Waals surface area contributed by atoms with E-state index in [1.807, 2.05) is 27.7 Å². The first-order valence-electron chi connectivity index (χ1n) is 8.82. The Morgan fingerprint density at radius 2 is 1.89 bits per heavy atom. The number of thiazole rings is 1. The summed E-state index contributed by atoms with van der Waals surface area (Å²) in [6.07, 6.45) is -0.656. The van der Waals surface area contributed by atoms with E-state index in [1.54, 1.807) is 20.8 Å². The molecule has 1 fully saturated rings. The molecule has 1 amide bonds. The summed E-state index contributed by atoms with van der Waals surface area (Å²) in [5, 5.41) is 5.65. The second-order valence-electron chi connectivity index (χ2n) is 7.29. The summed E-state index contributed by atoms with van der Waals surface area (Å²) in [5.74, 6) is 0. The number of anilines is 1. The van der Waals surface area contributed by atoms with Crippen molar-refractivity contribution in [3.8, 4) is 0 Å². The van der Waals surface area contributed by atoms with Crippen molar-refractivity contribution < 1.29 is 23.2 Å². The van der Waals surface area contributed by atoms with Gasteiger partial charge in [0.05, 0.1) is 28.4 Å². The maximum atomic E-state index is 15.1. The molecule has 7 nitrogen and oxygen atoms in total. The molecule has 28 heavy (non-hydrogen) atoms. The van der Waals surface area contributed by atoms with Crippen molar-refractivity contribution in [1.29, 1.82) is 0 Å². The van der Waals surface area contributed by atoms with Gasteiger partial charge in [0, 0.05) is 0 Å². The number of thiocarbonyl (C=S) groups is 1. The lowest BCUT2D eigenvalue weighted by atomic mass is 9.84. The molecule has 0 saturated carbocycles. The Morgan fingerprint density at radius 1 is 1.32 bits per heavy atom. The standard InChI is InChI=1S/C17H25BFN3O4S2/c1-8-24-15(23)22-13(27)21-14-20-10(3)11(28-14)9(2)12(19)18-25-16(4,5)17(6,7)26-18/h8H2,1-7H3,(H2,20,21,22,23,27). The minimum atomic E-state index is -1.07. The van der Waals surface area contributed by atoms with Crippen LogP contribution in [0.15, 0.2) is 5.73 Å². The molecule has 0 aliphatic carbocycles. The molecule has 2 rings (SSSR count). The minimum Gasteiger partial charge on any atom is -0.450 e. The van der Waals surface area contributed by atoms with Gasteiger partial charge in [-0.15, -0.1) is 0 Å². The molecule has 1 aliphatic heterocycles. The number of carbonyl (C=O) groups is 1. The molecule has 0 spiro atoms. The first-order valence-corrected chi connectivity index (χ1v) is 10.0. The van der Waals surface area contributed by atoms with Crippen LogP contribution >= 0.6 is 23.6 Å². The third kappa shape index (κ3) is 4.89. The second-order valence-corrected chi connectivity index (χ2v) is 8.70. The van der Waals surface area contributed by atoms with E-state index in [-0.39, 0.29) is 11.7 Å². The number of aryl methyl sites for hydroxylation is 1. The summed E-state index contributed by atoms with van der Waals surface area (Å²) in [5.41, 5.74) is -0.753. The quantitative estimate of drug-likeness (QED) is 0.548. The maximum absolute atomic E-state index is 15.1. The smallest absolute Gasteiger partial charge is 0.450 e. The number of allylic oxidation sites excluding steroid dienone is 1. The Bertz CT molecular complexity index is 794. The maximum Gasteiger partial charge on any atom is 0.525 e. The van der Waals surface area contributed by atoms with Gasteiger partial charge < -0.3 is 19.4 Å². The van der Waals surface area contributed by atoms with Gasteiger partial charge in [-0.05, 0) is 66.3 Å².